The highest BCUT2D eigenvalue weighted by molar-refractivity contribution is 7.89. The first kappa shape index (κ1) is 21.0. The number of carbonyl (C=O) groups excluding carboxylic acids is 1. The Morgan fingerprint density at radius 2 is 1.86 bits per heavy atom. The molecule has 1 heterocycles. The molecule has 3 rings (SSSR count). The first-order valence-electron chi connectivity index (χ1n) is 9.74. The standard InChI is InChI=1S/C22H25N3O3S/c1-17-3-2-4-18(15-17)9-12-24-22(26)20-10-13-25(14-11-20)29(27,28)21-7-5-19(16-23)6-8-21/h2-8,15,20H,9-14H2,1H3,(H,24,26). The summed E-state index contributed by atoms with van der Waals surface area (Å²) in [4.78, 5) is 12.6. The molecule has 0 spiro atoms. The molecule has 0 bridgehead atoms. The largest absolute Gasteiger partial charge is 0.356 e. The fourth-order valence-electron chi connectivity index (χ4n) is 3.55. The molecule has 0 aliphatic carbocycles. The van der Waals surface area contributed by atoms with E-state index >= 15 is 0 Å². The van der Waals surface area contributed by atoms with Gasteiger partial charge in [0.2, 0.25) is 15.9 Å². The van der Waals surface area contributed by atoms with Crippen molar-refractivity contribution >= 4 is 15.9 Å². The smallest absolute Gasteiger partial charge is 0.243 e. The van der Waals surface area contributed by atoms with Gasteiger partial charge in [-0.25, -0.2) is 8.42 Å². The second-order valence-electron chi connectivity index (χ2n) is 7.34. The van der Waals surface area contributed by atoms with Gasteiger partial charge < -0.3 is 5.32 Å². The highest BCUT2D eigenvalue weighted by atomic mass is 32.2. The second kappa shape index (κ2) is 9.21. The van der Waals surface area contributed by atoms with Crippen molar-refractivity contribution in [2.75, 3.05) is 19.6 Å². The first-order chi connectivity index (χ1) is 13.9. The van der Waals surface area contributed by atoms with Crippen LogP contribution in [0.4, 0.5) is 0 Å². The van der Waals surface area contributed by atoms with E-state index in [4.69, 9.17) is 5.26 Å². The van der Waals surface area contributed by atoms with Crippen LogP contribution in [0.15, 0.2) is 53.4 Å². The lowest BCUT2D eigenvalue weighted by Gasteiger charge is -2.30. The van der Waals surface area contributed by atoms with E-state index in [1.54, 1.807) is 0 Å². The Kier molecular flexibility index (Phi) is 6.68. The van der Waals surface area contributed by atoms with Gasteiger partial charge in [-0.05, 0) is 56.0 Å². The van der Waals surface area contributed by atoms with Crippen LogP contribution in [0.1, 0.15) is 29.5 Å². The summed E-state index contributed by atoms with van der Waals surface area (Å²) in [6.07, 6.45) is 1.79. The summed E-state index contributed by atoms with van der Waals surface area (Å²) in [5.74, 6) is -0.173. The lowest BCUT2D eigenvalue weighted by atomic mass is 9.97. The van der Waals surface area contributed by atoms with E-state index in [0.29, 0.717) is 38.0 Å². The van der Waals surface area contributed by atoms with Crippen LogP contribution in [0, 0.1) is 24.2 Å². The Morgan fingerprint density at radius 1 is 1.17 bits per heavy atom. The molecule has 1 aliphatic rings. The zero-order chi connectivity index (χ0) is 20.9. The number of amides is 1. The zero-order valence-corrected chi connectivity index (χ0v) is 17.3. The van der Waals surface area contributed by atoms with Gasteiger partial charge in [-0.2, -0.15) is 9.57 Å². The number of sulfonamides is 1. The number of benzene rings is 2. The summed E-state index contributed by atoms with van der Waals surface area (Å²) < 4.78 is 26.9. The molecule has 2 aromatic carbocycles. The molecule has 152 valence electrons. The molecule has 1 fully saturated rings. The molecule has 0 saturated carbocycles. The van der Waals surface area contributed by atoms with Gasteiger partial charge in [-0.15, -0.1) is 0 Å². The summed E-state index contributed by atoms with van der Waals surface area (Å²) in [5.41, 5.74) is 2.81. The molecule has 2 aromatic rings. The van der Waals surface area contributed by atoms with Crippen LogP contribution in [0.3, 0.4) is 0 Å². The maximum Gasteiger partial charge on any atom is 0.243 e. The van der Waals surface area contributed by atoms with Crippen molar-refractivity contribution in [1.29, 1.82) is 5.26 Å². The van der Waals surface area contributed by atoms with Gasteiger partial charge in [0.1, 0.15) is 0 Å². The number of carbonyl (C=O) groups is 1. The number of aryl methyl sites for hydroxylation is 1. The van der Waals surface area contributed by atoms with Gasteiger partial charge in [0, 0.05) is 25.6 Å². The zero-order valence-electron chi connectivity index (χ0n) is 16.5. The van der Waals surface area contributed by atoms with Crippen LogP contribution in [-0.2, 0) is 21.2 Å². The van der Waals surface area contributed by atoms with E-state index in [1.165, 1.54) is 39.7 Å². The maximum atomic E-state index is 12.8. The molecule has 29 heavy (non-hydrogen) atoms. The lowest BCUT2D eigenvalue weighted by molar-refractivity contribution is -0.126. The third-order valence-corrected chi connectivity index (χ3v) is 7.15. The molecular formula is C22H25N3O3S. The van der Waals surface area contributed by atoms with E-state index < -0.39 is 10.0 Å². The van der Waals surface area contributed by atoms with Crippen LogP contribution in [0.5, 0.6) is 0 Å². The maximum absolute atomic E-state index is 12.8. The molecule has 0 unspecified atom stereocenters. The molecule has 6 nitrogen and oxygen atoms in total. The molecule has 1 amide bonds. The Balaban J connectivity index is 1.50. The van der Waals surface area contributed by atoms with Gasteiger partial charge in [-0.1, -0.05) is 29.8 Å². The van der Waals surface area contributed by atoms with E-state index in [-0.39, 0.29) is 16.7 Å². The first-order valence-corrected chi connectivity index (χ1v) is 11.2. The van der Waals surface area contributed by atoms with Crippen LogP contribution in [0.25, 0.3) is 0 Å². The van der Waals surface area contributed by atoms with Gasteiger partial charge in [0.05, 0.1) is 16.5 Å². The van der Waals surface area contributed by atoms with E-state index in [2.05, 4.69) is 11.4 Å². The monoisotopic (exact) mass is 411 g/mol. The van der Waals surface area contributed by atoms with E-state index in [1.807, 2.05) is 31.2 Å². The average Bonchev–Trinajstić information content (AvgIpc) is 2.74. The number of hydrogen-bond acceptors (Lipinski definition) is 4. The minimum Gasteiger partial charge on any atom is -0.356 e. The van der Waals surface area contributed by atoms with Crippen molar-refractivity contribution in [3.63, 3.8) is 0 Å². The van der Waals surface area contributed by atoms with Crippen molar-refractivity contribution in [3.05, 3.63) is 65.2 Å². The fraction of sp³-hybridized carbons (Fsp3) is 0.364. The summed E-state index contributed by atoms with van der Waals surface area (Å²) in [6, 6.07) is 16.1. The Hall–Kier alpha value is -2.69. The molecule has 0 aromatic heterocycles. The van der Waals surface area contributed by atoms with E-state index in [9.17, 15) is 13.2 Å². The molecular weight excluding hydrogens is 386 g/mol. The van der Waals surface area contributed by atoms with Crippen LogP contribution in [0.2, 0.25) is 0 Å². The number of piperidine rings is 1. The summed E-state index contributed by atoms with van der Waals surface area (Å²) in [5, 5.41) is 11.8. The predicted molar refractivity (Wildman–Crippen MR) is 111 cm³/mol. The van der Waals surface area contributed by atoms with Crippen LogP contribution >= 0.6 is 0 Å². The van der Waals surface area contributed by atoms with Gasteiger partial charge in [-0.3, -0.25) is 4.79 Å². The number of rotatable bonds is 6. The highest BCUT2D eigenvalue weighted by Crippen LogP contribution is 2.24. The topological polar surface area (TPSA) is 90.3 Å². The number of hydrogen-bond donors (Lipinski definition) is 1. The minimum absolute atomic E-state index is 0.00641. The molecule has 0 atom stereocenters. The molecule has 1 aliphatic heterocycles. The quantitative estimate of drug-likeness (QED) is 0.791. The molecule has 1 N–H and O–H groups in total. The van der Waals surface area contributed by atoms with Gasteiger partial charge in [0.25, 0.3) is 0 Å². The van der Waals surface area contributed by atoms with Crippen LogP contribution < -0.4 is 5.32 Å². The SMILES string of the molecule is Cc1cccc(CCNC(=O)C2CCN(S(=O)(=O)c3ccc(C#N)cc3)CC2)c1. The summed E-state index contributed by atoms with van der Waals surface area (Å²) in [7, 11) is -3.60. The summed E-state index contributed by atoms with van der Waals surface area (Å²) in [6.45, 7) is 3.25. The van der Waals surface area contributed by atoms with Gasteiger partial charge >= 0.3 is 0 Å². The molecule has 1 saturated heterocycles. The Morgan fingerprint density at radius 3 is 2.48 bits per heavy atom. The fourth-order valence-corrected chi connectivity index (χ4v) is 5.02. The lowest BCUT2D eigenvalue weighted by Crippen LogP contribution is -2.43. The van der Waals surface area contributed by atoms with Crippen LogP contribution in [-0.4, -0.2) is 38.3 Å². The number of nitriles is 1. The Labute approximate surface area is 172 Å². The van der Waals surface area contributed by atoms with Crippen molar-refractivity contribution in [2.24, 2.45) is 5.92 Å². The molecule has 0 radical (unpaired) electrons. The normalized spacial score (nSPS) is 15.6. The third kappa shape index (κ3) is 5.22. The van der Waals surface area contributed by atoms with Crippen molar-refractivity contribution in [3.8, 4) is 6.07 Å². The van der Waals surface area contributed by atoms with E-state index in [0.717, 1.165) is 6.42 Å². The highest BCUT2D eigenvalue weighted by Gasteiger charge is 2.31. The number of nitrogens with zero attached hydrogens (tertiary/aromatic N) is 2. The minimum atomic E-state index is -3.60. The van der Waals surface area contributed by atoms with Gasteiger partial charge in [0.15, 0.2) is 0 Å². The van der Waals surface area contributed by atoms with Crippen molar-refractivity contribution in [1.82, 2.24) is 9.62 Å². The van der Waals surface area contributed by atoms with Crippen molar-refractivity contribution in [2.45, 2.75) is 31.1 Å². The third-order valence-electron chi connectivity index (χ3n) is 5.24. The second-order valence-corrected chi connectivity index (χ2v) is 9.28. The molecule has 7 heteroatoms. The average molecular weight is 412 g/mol. The predicted octanol–water partition coefficient (Wildman–Crippen LogP) is 2.63. The van der Waals surface area contributed by atoms with Crippen molar-refractivity contribution < 1.29 is 13.2 Å². The Bertz CT molecular complexity index is 1000. The summed E-state index contributed by atoms with van der Waals surface area (Å²) >= 11 is 0. The number of nitrogens with one attached hydrogen (secondary N) is 1.